The molecule has 0 radical (unpaired) electrons. The van der Waals surface area contributed by atoms with E-state index in [0.717, 1.165) is 0 Å². The van der Waals surface area contributed by atoms with Gasteiger partial charge < -0.3 is 9.84 Å². The number of ketones is 3. The molecule has 6 nitrogen and oxygen atoms in total. The highest BCUT2D eigenvalue weighted by atomic mass is 16.5. The van der Waals surface area contributed by atoms with Crippen LogP contribution in [0.15, 0.2) is 24.3 Å². The molecule has 0 saturated heterocycles. The van der Waals surface area contributed by atoms with Crippen LogP contribution < -0.4 is 4.74 Å². The lowest BCUT2D eigenvalue weighted by Crippen LogP contribution is -2.35. The molecule has 1 N–H and O–H groups in total. The molecule has 0 unspecified atom stereocenters. The summed E-state index contributed by atoms with van der Waals surface area (Å²) in [5.74, 6) is -4.80. The Morgan fingerprint density at radius 3 is 2.63 bits per heavy atom. The number of fused-ring (bicyclic) bond motifs is 1. The molecule has 0 fully saturated rings. The second-order valence-electron chi connectivity index (χ2n) is 4.10. The van der Waals surface area contributed by atoms with E-state index in [2.05, 4.69) is 0 Å². The lowest BCUT2D eigenvalue weighted by molar-refractivity contribution is -0.150. The first-order valence-corrected chi connectivity index (χ1v) is 5.55. The summed E-state index contributed by atoms with van der Waals surface area (Å²) in [6.45, 7) is -0.165. The van der Waals surface area contributed by atoms with E-state index in [1.165, 1.54) is 6.07 Å². The average molecular weight is 262 g/mol. The van der Waals surface area contributed by atoms with Crippen molar-refractivity contribution in [2.24, 2.45) is 5.92 Å². The molecule has 0 saturated carbocycles. The molecule has 1 aliphatic rings. The van der Waals surface area contributed by atoms with Gasteiger partial charge in [0.1, 0.15) is 18.3 Å². The van der Waals surface area contributed by atoms with Gasteiger partial charge >= 0.3 is 5.97 Å². The van der Waals surface area contributed by atoms with Crippen LogP contribution in [-0.4, -0.2) is 35.0 Å². The van der Waals surface area contributed by atoms with Crippen LogP contribution in [0, 0.1) is 5.92 Å². The van der Waals surface area contributed by atoms with Gasteiger partial charge in [0.2, 0.25) is 5.78 Å². The van der Waals surface area contributed by atoms with Gasteiger partial charge in [0.25, 0.3) is 0 Å². The lowest BCUT2D eigenvalue weighted by Gasteiger charge is -2.22. The molecule has 2 rings (SSSR count). The van der Waals surface area contributed by atoms with Gasteiger partial charge in [0.05, 0.1) is 12.0 Å². The lowest BCUT2D eigenvalue weighted by atomic mass is 9.89. The van der Waals surface area contributed by atoms with E-state index in [1.807, 2.05) is 0 Å². The zero-order valence-electron chi connectivity index (χ0n) is 9.79. The normalized spacial score (nSPS) is 17.3. The Kier molecular flexibility index (Phi) is 3.41. The Balaban J connectivity index is 2.16. The molecule has 1 atom stereocenters. The molecule has 0 amide bonds. The Labute approximate surface area is 108 Å². The van der Waals surface area contributed by atoms with Crippen LogP contribution >= 0.6 is 0 Å². The van der Waals surface area contributed by atoms with Crippen LogP contribution in [0.5, 0.6) is 5.75 Å². The maximum Gasteiger partial charge on any atom is 0.372 e. The highest BCUT2D eigenvalue weighted by molar-refractivity contribution is 6.37. The van der Waals surface area contributed by atoms with Crippen LogP contribution in [-0.2, 0) is 14.4 Å². The average Bonchev–Trinajstić information content (AvgIpc) is 2.39. The van der Waals surface area contributed by atoms with Crippen molar-refractivity contribution in [1.82, 2.24) is 0 Å². The minimum atomic E-state index is -1.68. The van der Waals surface area contributed by atoms with Crippen molar-refractivity contribution in [3.63, 3.8) is 0 Å². The van der Waals surface area contributed by atoms with E-state index in [1.54, 1.807) is 18.2 Å². The monoisotopic (exact) mass is 262 g/mol. The van der Waals surface area contributed by atoms with E-state index in [4.69, 9.17) is 9.84 Å². The predicted molar refractivity (Wildman–Crippen MR) is 62.0 cm³/mol. The standard InChI is InChI=1S/C13H10O6/c14-9(5-10(15)13(17)18)8-6-19-11-4-2-1-3-7(11)12(8)16/h1-4,8H,5-6H2,(H,17,18)/t8-/m0/s1. The first-order valence-electron chi connectivity index (χ1n) is 5.55. The van der Waals surface area contributed by atoms with Gasteiger partial charge in [-0.15, -0.1) is 0 Å². The summed E-state index contributed by atoms with van der Waals surface area (Å²) in [4.78, 5) is 45.2. The summed E-state index contributed by atoms with van der Waals surface area (Å²) in [5, 5.41) is 8.43. The van der Waals surface area contributed by atoms with Crippen molar-refractivity contribution in [2.75, 3.05) is 6.61 Å². The molecule has 0 aliphatic carbocycles. The van der Waals surface area contributed by atoms with Crippen LogP contribution in [0.25, 0.3) is 0 Å². The zero-order chi connectivity index (χ0) is 14.0. The van der Waals surface area contributed by atoms with Crippen molar-refractivity contribution < 1.29 is 29.0 Å². The minimum absolute atomic E-state index is 0.165. The Morgan fingerprint density at radius 1 is 1.26 bits per heavy atom. The molecule has 98 valence electrons. The molecule has 6 heteroatoms. The summed E-state index contributed by atoms with van der Waals surface area (Å²) in [6, 6.07) is 6.46. The summed E-state index contributed by atoms with van der Waals surface area (Å²) < 4.78 is 5.27. The minimum Gasteiger partial charge on any atom is -0.492 e. The zero-order valence-corrected chi connectivity index (χ0v) is 9.79. The molecule has 19 heavy (non-hydrogen) atoms. The van der Waals surface area contributed by atoms with Gasteiger partial charge in [-0.3, -0.25) is 14.4 Å². The van der Waals surface area contributed by atoms with E-state index in [9.17, 15) is 19.2 Å². The number of carbonyl (C=O) groups is 4. The molecule has 0 spiro atoms. The van der Waals surface area contributed by atoms with Gasteiger partial charge in [-0.25, -0.2) is 4.79 Å². The number of hydrogen-bond acceptors (Lipinski definition) is 5. The second-order valence-corrected chi connectivity index (χ2v) is 4.10. The van der Waals surface area contributed by atoms with Gasteiger partial charge in [-0.05, 0) is 12.1 Å². The van der Waals surface area contributed by atoms with E-state index in [0.29, 0.717) is 5.75 Å². The third-order valence-electron chi connectivity index (χ3n) is 2.84. The predicted octanol–water partition coefficient (Wildman–Crippen LogP) is 0.491. The molecule has 1 aromatic carbocycles. The Morgan fingerprint density at radius 2 is 1.95 bits per heavy atom. The summed E-state index contributed by atoms with van der Waals surface area (Å²) in [5.41, 5.74) is 0.273. The third-order valence-corrected chi connectivity index (χ3v) is 2.84. The first-order chi connectivity index (χ1) is 9.00. The third kappa shape index (κ3) is 2.52. The number of rotatable bonds is 4. The van der Waals surface area contributed by atoms with E-state index >= 15 is 0 Å². The molecule has 1 aromatic rings. The van der Waals surface area contributed by atoms with Crippen LogP contribution in [0.2, 0.25) is 0 Å². The fraction of sp³-hybridized carbons (Fsp3) is 0.231. The van der Waals surface area contributed by atoms with Gasteiger partial charge in [-0.2, -0.15) is 0 Å². The number of ether oxygens (including phenoxy) is 1. The number of hydrogen-bond donors (Lipinski definition) is 1. The summed E-state index contributed by atoms with van der Waals surface area (Å²) >= 11 is 0. The van der Waals surface area contributed by atoms with Crippen molar-refractivity contribution in [1.29, 1.82) is 0 Å². The van der Waals surface area contributed by atoms with Crippen molar-refractivity contribution >= 4 is 23.3 Å². The molecule has 1 heterocycles. The van der Waals surface area contributed by atoms with Gasteiger partial charge in [0.15, 0.2) is 11.6 Å². The topological polar surface area (TPSA) is 97.7 Å². The fourth-order valence-electron chi connectivity index (χ4n) is 1.83. The van der Waals surface area contributed by atoms with Crippen molar-refractivity contribution in [3.05, 3.63) is 29.8 Å². The Hall–Kier alpha value is -2.50. The molecular weight excluding hydrogens is 252 g/mol. The highest BCUT2D eigenvalue weighted by Gasteiger charge is 2.35. The van der Waals surface area contributed by atoms with Crippen molar-refractivity contribution in [3.8, 4) is 5.75 Å². The van der Waals surface area contributed by atoms with Crippen LogP contribution in [0.1, 0.15) is 16.8 Å². The summed E-state index contributed by atoms with van der Waals surface area (Å²) in [6.07, 6.45) is -0.794. The SMILES string of the molecule is O=C(O)C(=O)CC(=O)[C@@H]1COc2ccccc2C1=O. The number of Topliss-reactive ketones (excluding diaryl/α,β-unsaturated/α-hetero) is 3. The molecule has 0 bridgehead atoms. The second kappa shape index (κ2) is 5.01. The van der Waals surface area contributed by atoms with E-state index in [-0.39, 0.29) is 12.2 Å². The first kappa shape index (κ1) is 12.9. The molecular formula is C13H10O6. The van der Waals surface area contributed by atoms with Crippen LogP contribution in [0.4, 0.5) is 0 Å². The molecule has 1 aliphatic heterocycles. The number of aliphatic carboxylic acids is 1. The van der Waals surface area contributed by atoms with Gasteiger partial charge in [0, 0.05) is 0 Å². The van der Waals surface area contributed by atoms with Gasteiger partial charge in [-0.1, -0.05) is 12.1 Å². The maximum atomic E-state index is 12.0. The summed E-state index contributed by atoms with van der Waals surface area (Å²) in [7, 11) is 0. The van der Waals surface area contributed by atoms with E-state index < -0.39 is 35.7 Å². The fourth-order valence-corrected chi connectivity index (χ4v) is 1.83. The van der Waals surface area contributed by atoms with Crippen molar-refractivity contribution in [2.45, 2.75) is 6.42 Å². The number of carboxylic acid groups (broad SMARTS) is 1. The molecule has 0 aromatic heterocycles. The smallest absolute Gasteiger partial charge is 0.372 e. The highest BCUT2D eigenvalue weighted by Crippen LogP contribution is 2.27. The maximum absolute atomic E-state index is 12.0. The number of carbonyl (C=O) groups excluding carboxylic acids is 3. The number of carboxylic acids is 1. The number of para-hydroxylation sites is 1. The van der Waals surface area contributed by atoms with Crippen LogP contribution in [0.3, 0.4) is 0 Å². The Bertz CT molecular complexity index is 574. The quantitative estimate of drug-likeness (QED) is 0.626. The largest absolute Gasteiger partial charge is 0.492 e. The number of benzene rings is 1.